The molecule has 5 aromatic rings. The fourth-order valence-electron chi connectivity index (χ4n) is 5.10. The molecule has 0 aliphatic heterocycles. The van der Waals surface area contributed by atoms with Gasteiger partial charge in [-0.2, -0.15) is 18.3 Å². The number of carbonyl (C=O) groups is 1. The molecule has 7 nitrogen and oxygen atoms in total. The summed E-state index contributed by atoms with van der Waals surface area (Å²) in [5.41, 5.74) is 10.7. The van der Waals surface area contributed by atoms with Gasteiger partial charge in [0.2, 0.25) is 0 Å². The molecule has 2 atom stereocenters. The van der Waals surface area contributed by atoms with Crippen molar-refractivity contribution in [1.29, 1.82) is 0 Å². The predicted molar refractivity (Wildman–Crippen MR) is 149 cm³/mol. The van der Waals surface area contributed by atoms with Crippen molar-refractivity contribution in [3.63, 3.8) is 0 Å². The lowest BCUT2D eigenvalue weighted by Crippen LogP contribution is -2.19. The van der Waals surface area contributed by atoms with Crippen molar-refractivity contribution in [3.05, 3.63) is 102 Å². The summed E-state index contributed by atoms with van der Waals surface area (Å²) >= 11 is 0. The highest BCUT2D eigenvalue weighted by atomic mass is 19.4. The van der Waals surface area contributed by atoms with E-state index in [-0.39, 0.29) is 5.69 Å². The summed E-state index contributed by atoms with van der Waals surface area (Å²) in [5.74, 6) is 1.08. The first-order chi connectivity index (χ1) is 19.2. The van der Waals surface area contributed by atoms with Crippen LogP contribution in [-0.2, 0) is 13.2 Å². The highest BCUT2D eigenvalue weighted by molar-refractivity contribution is 6.02. The summed E-state index contributed by atoms with van der Waals surface area (Å²) in [6.07, 6.45) is -3.49. The van der Waals surface area contributed by atoms with Crippen LogP contribution in [-0.4, -0.2) is 20.8 Å². The van der Waals surface area contributed by atoms with Crippen molar-refractivity contribution in [2.75, 3.05) is 16.4 Å². The third-order valence-corrected chi connectivity index (χ3v) is 7.14. The number of aryl methyl sites for hydroxylation is 1. The number of nitrogens with two attached hydrogens (primary N) is 1. The Bertz CT molecular complexity index is 1710. The van der Waals surface area contributed by atoms with Gasteiger partial charge in [0.15, 0.2) is 11.5 Å². The minimum atomic E-state index is -4.50. The summed E-state index contributed by atoms with van der Waals surface area (Å²) in [7, 11) is 1.82. The van der Waals surface area contributed by atoms with Gasteiger partial charge in [-0.15, -0.1) is 0 Å². The summed E-state index contributed by atoms with van der Waals surface area (Å²) in [4.78, 5) is 17.4. The highest BCUT2D eigenvalue weighted by Crippen LogP contribution is 2.55. The molecule has 202 valence electrons. The van der Waals surface area contributed by atoms with Gasteiger partial charge in [0, 0.05) is 30.0 Å². The van der Waals surface area contributed by atoms with E-state index in [1.54, 1.807) is 16.8 Å². The van der Waals surface area contributed by atoms with Crippen molar-refractivity contribution in [1.82, 2.24) is 14.8 Å². The Kier molecular flexibility index (Phi) is 6.17. The topological polar surface area (TPSA) is 97.9 Å². The smallest absolute Gasteiger partial charge is 0.382 e. The molecule has 1 aliphatic carbocycles. The van der Waals surface area contributed by atoms with Gasteiger partial charge in [-0.3, -0.25) is 0 Å². The molecule has 1 saturated carbocycles. The number of fused-ring (bicyclic) bond motifs is 1. The lowest BCUT2D eigenvalue weighted by Gasteiger charge is -2.12. The molecule has 3 aromatic carbocycles. The van der Waals surface area contributed by atoms with Crippen LogP contribution >= 0.6 is 0 Å². The molecule has 2 unspecified atom stereocenters. The number of rotatable bonds is 5. The first-order valence-corrected chi connectivity index (χ1v) is 12.7. The van der Waals surface area contributed by atoms with E-state index >= 15 is 0 Å². The van der Waals surface area contributed by atoms with Crippen molar-refractivity contribution in [2.45, 2.75) is 24.4 Å². The van der Waals surface area contributed by atoms with Gasteiger partial charge in [0.05, 0.1) is 10.9 Å². The standard InChI is InChI=1S/C30H25F3N6O/c1-39-28-26(27(34)38-39)23(16-25(37-28)24-15-22(24)17-6-3-2-4-7-17)18-10-12-20(13-11-18)35-29(40)36-21-9-5-8-19(14-21)30(31,32)33/h2-14,16,22,24H,15H2,1H3,(H2,34,38)(H2,35,36,40). The lowest BCUT2D eigenvalue weighted by molar-refractivity contribution is -0.137. The number of halogens is 3. The van der Waals surface area contributed by atoms with E-state index in [0.717, 1.165) is 40.8 Å². The molecule has 4 N–H and O–H groups in total. The van der Waals surface area contributed by atoms with E-state index < -0.39 is 17.8 Å². The lowest BCUT2D eigenvalue weighted by atomic mass is 10.00. The van der Waals surface area contributed by atoms with E-state index in [2.05, 4.69) is 33.9 Å². The van der Waals surface area contributed by atoms with Crippen LogP contribution in [0.15, 0.2) is 84.9 Å². The van der Waals surface area contributed by atoms with Crippen LogP contribution in [0.25, 0.3) is 22.2 Å². The number of urea groups is 1. The van der Waals surface area contributed by atoms with Gasteiger partial charge in [0.1, 0.15) is 0 Å². The predicted octanol–water partition coefficient (Wildman–Crippen LogP) is 7.15. The minimum absolute atomic E-state index is 0.0385. The number of hydrogen-bond acceptors (Lipinski definition) is 4. The molecule has 2 heterocycles. The van der Waals surface area contributed by atoms with E-state index in [0.29, 0.717) is 29.0 Å². The molecule has 0 radical (unpaired) electrons. The van der Waals surface area contributed by atoms with Crippen LogP contribution < -0.4 is 16.4 Å². The number of nitrogen functional groups attached to an aromatic ring is 1. The Morgan fingerprint density at radius 3 is 2.38 bits per heavy atom. The zero-order chi connectivity index (χ0) is 28.0. The van der Waals surface area contributed by atoms with Crippen LogP contribution in [0.4, 0.5) is 35.2 Å². The highest BCUT2D eigenvalue weighted by Gasteiger charge is 2.41. The van der Waals surface area contributed by atoms with E-state index in [1.165, 1.54) is 17.7 Å². The number of amides is 2. The number of carbonyl (C=O) groups excluding carboxylic acids is 1. The van der Waals surface area contributed by atoms with Crippen LogP contribution in [0.2, 0.25) is 0 Å². The summed E-state index contributed by atoms with van der Waals surface area (Å²) in [6, 6.07) is 23.4. The zero-order valence-electron chi connectivity index (χ0n) is 21.4. The fraction of sp³-hybridized carbons (Fsp3) is 0.167. The Morgan fingerprint density at radius 1 is 0.925 bits per heavy atom. The molecule has 1 aliphatic rings. The molecule has 0 bridgehead atoms. The average molecular weight is 543 g/mol. The average Bonchev–Trinajstić information content (AvgIpc) is 3.68. The number of pyridine rings is 1. The van der Waals surface area contributed by atoms with Crippen molar-refractivity contribution in [3.8, 4) is 11.1 Å². The van der Waals surface area contributed by atoms with E-state index in [9.17, 15) is 18.0 Å². The first-order valence-electron chi connectivity index (χ1n) is 12.7. The van der Waals surface area contributed by atoms with Gasteiger partial charge in [0.25, 0.3) is 0 Å². The second-order valence-electron chi connectivity index (χ2n) is 9.90. The number of hydrogen-bond donors (Lipinski definition) is 3. The fourth-order valence-corrected chi connectivity index (χ4v) is 5.10. The maximum Gasteiger partial charge on any atom is 0.416 e. The minimum Gasteiger partial charge on any atom is -0.382 e. The number of anilines is 3. The summed E-state index contributed by atoms with van der Waals surface area (Å²) in [5, 5.41) is 10.2. The van der Waals surface area contributed by atoms with Gasteiger partial charge < -0.3 is 16.4 Å². The quantitative estimate of drug-likeness (QED) is 0.220. The molecule has 40 heavy (non-hydrogen) atoms. The second-order valence-corrected chi connectivity index (χ2v) is 9.90. The number of nitrogens with one attached hydrogen (secondary N) is 2. The van der Waals surface area contributed by atoms with Gasteiger partial charge in [-0.25, -0.2) is 14.5 Å². The van der Waals surface area contributed by atoms with Crippen LogP contribution in [0.3, 0.4) is 0 Å². The zero-order valence-corrected chi connectivity index (χ0v) is 21.4. The summed E-state index contributed by atoms with van der Waals surface area (Å²) in [6.45, 7) is 0. The molecular formula is C30H25F3N6O. The third-order valence-electron chi connectivity index (χ3n) is 7.14. The molecule has 1 fully saturated rings. The normalized spacial score (nSPS) is 16.6. The monoisotopic (exact) mass is 542 g/mol. The molecule has 10 heteroatoms. The molecule has 6 rings (SSSR count). The van der Waals surface area contributed by atoms with Gasteiger partial charge >= 0.3 is 12.2 Å². The number of benzene rings is 3. The SMILES string of the molecule is Cn1nc(N)c2c(-c3ccc(NC(=O)Nc4cccc(C(F)(F)F)c4)cc3)cc(C3CC3c3ccccc3)nc21. The van der Waals surface area contributed by atoms with Crippen LogP contribution in [0, 0.1) is 0 Å². The summed E-state index contributed by atoms with van der Waals surface area (Å²) < 4.78 is 40.6. The van der Waals surface area contributed by atoms with Gasteiger partial charge in [-0.1, -0.05) is 48.5 Å². The van der Waals surface area contributed by atoms with E-state index in [1.807, 2.05) is 37.4 Å². The Balaban J connectivity index is 1.24. The molecule has 2 amide bonds. The first kappa shape index (κ1) is 25.4. The third kappa shape index (κ3) is 4.95. The van der Waals surface area contributed by atoms with Crippen LogP contribution in [0.1, 0.15) is 35.1 Å². The van der Waals surface area contributed by atoms with Gasteiger partial charge in [-0.05, 0) is 65.4 Å². The molecular weight excluding hydrogens is 517 g/mol. The van der Waals surface area contributed by atoms with E-state index in [4.69, 9.17) is 10.7 Å². The maximum atomic E-state index is 13.0. The molecule has 0 spiro atoms. The maximum absolute atomic E-state index is 13.0. The molecule has 0 saturated heterocycles. The van der Waals surface area contributed by atoms with Crippen molar-refractivity contribution >= 4 is 34.3 Å². The Morgan fingerprint density at radius 2 is 1.65 bits per heavy atom. The second kappa shape index (κ2) is 9.71. The number of nitrogens with zero attached hydrogens (tertiary/aromatic N) is 3. The Labute approximate surface area is 227 Å². The van der Waals surface area contributed by atoms with Crippen molar-refractivity contribution < 1.29 is 18.0 Å². The number of aromatic nitrogens is 3. The molecule has 2 aromatic heterocycles. The Hall–Kier alpha value is -4.86. The largest absolute Gasteiger partial charge is 0.416 e. The van der Waals surface area contributed by atoms with Crippen molar-refractivity contribution in [2.24, 2.45) is 7.05 Å². The number of alkyl halides is 3. The van der Waals surface area contributed by atoms with Crippen LogP contribution in [0.5, 0.6) is 0 Å².